The Kier molecular flexibility index (Phi) is 4.30. The van der Waals surface area contributed by atoms with E-state index in [9.17, 15) is 4.79 Å². The second-order valence-electron chi connectivity index (χ2n) is 4.64. The van der Waals surface area contributed by atoms with Gasteiger partial charge < -0.3 is 10.0 Å². The van der Waals surface area contributed by atoms with Crippen LogP contribution >= 0.6 is 11.8 Å². The molecule has 18 heavy (non-hydrogen) atoms. The van der Waals surface area contributed by atoms with Gasteiger partial charge in [-0.3, -0.25) is 4.79 Å². The van der Waals surface area contributed by atoms with Crippen LogP contribution in [-0.4, -0.2) is 34.7 Å². The van der Waals surface area contributed by atoms with E-state index in [1.165, 1.54) is 17.3 Å². The van der Waals surface area contributed by atoms with Crippen molar-refractivity contribution in [3.8, 4) is 0 Å². The van der Waals surface area contributed by atoms with Gasteiger partial charge in [-0.2, -0.15) is 0 Å². The molecule has 0 saturated carbocycles. The summed E-state index contributed by atoms with van der Waals surface area (Å²) in [6.07, 6.45) is 0.939. The summed E-state index contributed by atoms with van der Waals surface area (Å²) < 4.78 is 0. The lowest BCUT2D eigenvalue weighted by atomic mass is 10.2. The normalized spacial score (nSPS) is 17.4. The Morgan fingerprint density at radius 3 is 2.89 bits per heavy atom. The number of amides is 1. The molecule has 2 atom stereocenters. The number of fused-ring (bicyclic) bond motifs is 1. The fourth-order valence-electron chi connectivity index (χ4n) is 2.24. The topological polar surface area (TPSA) is 40.5 Å². The second kappa shape index (κ2) is 5.76. The molecule has 1 aliphatic rings. The Bertz CT molecular complexity index is 436. The molecular formula is C14H19NO2S. The molecule has 0 saturated heterocycles. The largest absolute Gasteiger partial charge is 0.395 e. The second-order valence-corrected chi connectivity index (χ2v) is 6.42. The average molecular weight is 265 g/mol. The summed E-state index contributed by atoms with van der Waals surface area (Å²) in [5.41, 5.74) is 2.30. The summed E-state index contributed by atoms with van der Waals surface area (Å²) in [7, 11) is 0. The Balaban J connectivity index is 2.07. The van der Waals surface area contributed by atoms with Crippen LogP contribution < -0.4 is 4.90 Å². The van der Waals surface area contributed by atoms with Gasteiger partial charge in [-0.15, -0.1) is 11.8 Å². The van der Waals surface area contributed by atoms with Crippen molar-refractivity contribution in [2.75, 3.05) is 18.1 Å². The van der Waals surface area contributed by atoms with E-state index in [1.54, 1.807) is 0 Å². The van der Waals surface area contributed by atoms with Gasteiger partial charge in [-0.1, -0.05) is 25.1 Å². The molecule has 1 N–H and O–H groups in total. The molecule has 1 aromatic rings. The zero-order chi connectivity index (χ0) is 13.1. The summed E-state index contributed by atoms with van der Waals surface area (Å²) in [5, 5.41) is 9.03. The molecule has 0 spiro atoms. The van der Waals surface area contributed by atoms with Crippen molar-refractivity contribution in [1.82, 2.24) is 0 Å². The summed E-state index contributed by atoms with van der Waals surface area (Å²) in [6.45, 7) is 4.74. The van der Waals surface area contributed by atoms with Gasteiger partial charge in [-0.25, -0.2) is 0 Å². The predicted molar refractivity (Wildman–Crippen MR) is 76.1 cm³/mol. The van der Waals surface area contributed by atoms with E-state index in [1.807, 2.05) is 36.9 Å². The van der Waals surface area contributed by atoms with Crippen molar-refractivity contribution in [1.29, 1.82) is 0 Å². The van der Waals surface area contributed by atoms with Gasteiger partial charge in [0.05, 0.1) is 11.9 Å². The smallest absolute Gasteiger partial charge is 0.239 e. The number of benzene rings is 1. The standard InChI is InChI=1S/C14H19NO2S/c1-10(9-16)18-11(2)14(17)15-8-7-12-5-3-4-6-13(12)15/h3-6,10-11,16H,7-9H2,1-2H3/t10-,11-/m1/s1. The molecule has 1 amide bonds. The average Bonchev–Trinajstić information content (AvgIpc) is 2.81. The molecule has 1 heterocycles. The van der Waals surface area contributed by atoms with Crippen LogP contribution in [0.4, 0.5) is 5.69 Å². The monoisotopic (exact) mass is 265 g/mol. The van der Waals surface area contributed by atoms with E-state index in [-0.39, 0.29) is 23.0 Å². The van der Waals surface area contributed by atoms with Gasteiger partial charge in [0.2, 0.25) is 5.91 Å². The molecule has 0 radical (unpaired) electrons. The van der Waals surface area contributed by atoms with Gasteiger partial charge in [0, 0.05) is 17.5 Å². The first-order chi connectivity index (χ1) is 8.63. The SMILES string of the molecule is C[C@H](CO)S[C@H](C)C(=O)N1CCc2ccccc21. The number of aliphatic hydroxyl groups is 1. The predicted octanol–water partition coefficient (Wildman–Crippen LogP) is 2.08. The first kappa shape index (κ1) is 13.4. The molecule has 0 aromatic heterocycles. The fourth-order valence-corrected chi connectivity index (χ4v) is 3.26. The van der Waals surface area contributed by atoms with Crippen molar-refractivity contribution < 1.29 is 9.90 Å². The highest BCUT2D eigenvalue weighted by Crippen LogP contribution is 2.30. The van der Waals surface area contributed by atoms with Crippen molar-refractivity contribution in [3.63, 3.8) is 0 Å². The van der Waals surface area contributed by atoms with Gasteiger partial charge in [-0.05, 0) is 25.0 Å². The highest BCUT2D eigenvalue weighted by Gasteiger charge is 2.28. The maximum atomic E-state index is 12.4. The maximum absolute atomic E-state index is 12.4. The number of rotatable bonds is 4. The van der Waals surface area contributed by atoms with Gasteiger partial charge in [0.1, 0.15) is 0 Å². The van der Waals surface area contributed by atoms with Gasteiger partial charge in [0.15, 0.2) is 0 Å². The van der Waals surface area contributed by atoms with Crippen LogP contribution in [-0.2, 0) is 11.2 Å². The molecule has 98 valence electrons. The summed E-state index contributed by atoms with van der Waals surface area (Å²) >= 11 is 1.53. The van der Waals surface area contributed by atoms with Crippen LogP contribution in [0.2, 0.25) is 0 Å². The first-order valence-electron chi connectivity index (χ1n) is 6.29. The molecule has 0 bridgehead atoms. The minimum Gasteiger partial charge on any atom is -0.395 e. The van der Waals surface area contributed by atoms with Crippen LogP contribution in [0.3, 0.4) is 0 Å². The van der Waals surface area contributed by atoms with E-state index in [2.05, 4.69) is 6.07 Å². The molecule has 1 aromatic carbocycles. The lowest BCUT2D eigenvalue weighted by Crippen LogP contribution is -2.36. The van der Waals surface area contributed by atoms with Crippen molar-refractivity contribution >= 4 is 23.4 Å². The number of thioether (sulfide) groups is 1. The van der Waals surface area contributed by atoms with E-state index >= 15 is 0 Å². The number of anilines is 1. The lowest BCUT2D eigenvalue weighted by molar-refractivity contribution is -0.117. The van der Waals surface area contributed by atoms with E-state index in [0.29, 0.717) is 0 Å². The van der Waals surface area contributed by atoms with E-state index in [4.69, 9.17) is 5.11 Å². The first-order valence-corrected chi connectivity index (χ1v) is 7.23. The third kappa shape index (κ3) is 2.70. The van der Waals surface area contributed by atoms with E-state index in [0.717, 1.165) is 18.7 Å². The molecule has 0 unspecified atom stereocenters. The quantitative estimate of drug-likeness (QED) is 0.906. The minimum absolute atomic E-state index is 0.0989. The Morgan fingerprint density at radius 2 is 2.17 bits per heavy atom. The number of hydrogen-bond donors (Lipinski definition) is 1. The number of hydrogen-bond acceptors (Lipinski definition) is 3. The number of carbonyl (C=O) groups excluding carboxylic acids is 1. The molecular weight excluding hydrogens is 246 g/mol. The third-order valence-electron chi connectivity index (χ3n) is 3.19. The molecule has 0 fully saturated rings. The van der Waals surface area contributed by atoms with Crippen molar-refractivity contribution in [2.24, 2.45) is 0 Å². The van der Waals surface area contributed by atoms with Gasteiger partial charge in [0.25, 0.3) is 0 Å². The molecule has 1 aliphatic heterocycles. The Morgan fingerprint density at radius 1 is 1.44 bits per heavy atom. The number of nitrogens with zero attached hydrogens (tertiary/aromatic N) is 1. The Labute approximate surface area is 112 Å². The molecule has 0 aliphatic carbocycles. The summed E-state index contributed by atoms with van der Waals surface area (Å²) in [4.78, 5) is 14.3. The van der Waals surface area contributed by atoms with Crippen LogP contribution in [0.15, 0.2) is 24.3 Å². The zero-order valence-corrected chi connectivity index (χ0v) is 11.6. The molecule has 4 heteroatoms. The fraction of sp³-hybridized carbons (Fsp3) is 0.500. The maximum Gasteiger partial charge on any atom is 0.239 e. The lowest BCUT2D eigenvalue weighted by Gasteiger charge is -2.22. The van der Waals surface area contributed by atoms with Crippen LogP contribution in [0.5, 0.6) is 0 Å². The number of para-hydroxylation sites is 1. The number of carbonyl (C=O) groups is 1. The summed E-state index contributed by atoms with van der Waals surface area (Å²) in [5.74, 6) is 0.144. The summed E-state index contributed by atoms with van der Waals surface area (Å²) in [6, 6.07) is 8.07. The third-order valence-corrected chi connectivity index (χ3v) is 4.42. The minimum atomic E-state index is -0.113. The van der Waals surface area contributed by atoms with Crippen LogP contribution in [0.25, 0.3) is 0 Å². The number of aliphatic hydroxyl groups excluding tert-OH is 1. The molecule has 3 nitrogen and oxygen atoms in total. The Hall–Kier alpha value is -1.00. The van der Waals surface area contributed by atoms with Crippen LogP contribution in [0, 0.1) is 0 Å². The zero-order valence-electron chi connectivity index (χ0n) is 10.8. The highest BCUT2D eigenvalue weighted by atomic mass is 32.2. The van der Waals surface area contributed by atoms with Gasteiger partial charge >= 0.3 is 0 Å². The van der Waals surface area contributed by atoms with Crippen molar-refractivity contribution in [3.05, 3.63) is 29.8 Å². The molecule has 2 rings (SSSR count). The van der Waals surface area contributed by atoms with E-state index < -0.39 is 0 Å². The van der Waals surface area contributed by atoms with Crippen molar-refractivity contribution in [2.45, 2.75) is 30.8 Å². The highest BCUT2D eigenvalue weighted by molar-refractivity contribution is 8.01. The van der Waals surface area contributed by atoms with Crippen LogP contribution in [0.1, 0.15) is 19.4 Å².